The van der Waals surface area contributed by atoms with Crippen molar-refractivity contribution in [3.05, 3.63) is 29.8 Å². The molecule has 3 N–H and O–H groups in total. The van der Waals surface area contributed by atoms with Gasteiger partial charge in [-0.05, 0) is 37.0 Å². The predicted octanol–water partition coefficient (Wildman–Crippen LogP) is 2.85. The van der Waals surface area contributed by atoms with E-state index in [0.717, 1.165) is 11.3 Å². The molecular formula is C17H28N2O3. The Morgan fingerprint density at radius 2 is 1.82 bits per heavy atom. The molecule has 0 saturated heterocycles. The Labute approximate surface area is 133 Å². The lowest BCUT2D eigenvalue weighted by Crippen LogP contribution is -2.44. The van der Waals surface area contributed by atoms with Gasteiger partial charge in [0.15, 0.2) is 0 Å². The molecule has 2 amide bonds. The summed E-state index contributed by atoms with van der Waals surface area (Å²) in [5.74, 6) is 1.32. The van der Waals surface area contributed by atoms with Crippen LogP contribution in [0.3, 0.4) is 0 Å². The zero-order valence-corrected chi connectivity index (χ0v) is 13.9. The molecule has 0 aliphatic heterocycles. The maximum Gasteiger partial charge on any atom is 0.315 e. The number of nitrogens with one attached hydrogen (secondary N) is 2. The predicted molar refractivity (Wildman–Crippen MR) is 88.0 cm³/mol. The summed E-state index contributed by atoms with van der Waals surface area (Å²) >= 11 is 0. The molecule has 5 nitrogen and oxygen atoms in total. The van der Waals surface area contributed by atoms with Gasteiger partial charge in [0.05, 0.1) is 25.3 Å². The quantitative estimate of drug-likeness (QED) is 0.691. The molecule has 0 aromatic heterocycles. The van der Waals surface area contributed by atoms with Crippen molar-refractivity contribution in [1.82, 2.24) is 10.6 Å². The van der Waals surface area contributed by atoms with Crippen LogP contribution in [0, 0.1) is 5.92 Å². The lowest BCUT2D eigenvalue weighted by atomic mass is 10.1. The molecule has 22 heavy (non-hydrogen) atoms. The van der Waals surface area contributed by atoms with Crippen LogP contribution in [0.1, 0.15) is 45.7 Å². The molecule has 0 heterocycles. The molecule has 0 bridgehead atoms. The van der Waals surface area contributed by atoms with Gasteiger partial charge in [-0.2, -0.15) is 0 Å². The average molecular weight is 308 g/mol. The first-order valence-electron chi connectivity index (χ1n) is 7.86. The Balaban J connectivity index is 2.51. The maximum atomic E-state index is 11.8. The Hall–Kier alpha value is -1.75. The van der Waals surface area contributed by atoms with Crippen molar-refractivity contribution in [3.63, 3.8) is 0 Å². The molecule has 1 rings (SSSR count). The second kappa shape index (κ2) is 9.30. The van der Waals surface area contributed by atoms with Crippen molar-refractivity contribution in [2.75, 3.05) is 13.2 Å². The van der Waals surface area contributed by atoms with Crippen molar-refractivity contribution < 1.29 is 14.6 Å². The highest BCUT2D eigenvalue weighted by molar-refractivity contribution is 5.74. The first-order chi connectivity index (χ1) is 10.5. The number of aliphatic hydroxyl groups is 1. The molecule has 0 aliphatic carbocycles. The van der Waals surface area contributed by atoms with E-state index in [9.17, 15) is 4.79 Å². The van der Waals surface area contributed by atoms with Crippen LogP contribution in [-0.4, -0.2) is 30.4 Å². The minimum absolute atomic E-state index is 0.0554. The van der Waals surface area contributed by atoms with Crippen LogP contribution in [0.2, 0.25) is 0 Å². The smallest absolute Gasteiger partial charge is 0.315 e. The van der Waals surface area contributed by atoms with Gasteiger partial charge >= 0.3 is 6.03 Å². The molecular weight excluding hydrogens is 280 g/mol. The number of hydrogen-bond acceptors (Lipinski definition) is 3. The van der Waals surface area contributed by atoms with Crippen LogP contribution < -0.4 is 15.4 Å². The third kappa shape index (κ3) is 6.35. The van der Waals surface area contributed by atoms with Gasteiger partial charge < -0.3 is 20.5 Å². The van der Waals surface area contributed by atoms with Crippen molar-refractivity contribution in [1.29, 1.82) is 0 Å². The molecule has 0 fully saturated rings. The van der Waals surface area contributed by atoms with Gasteiger partial charge in [-0.3, -0.25) is 0 Å². The number of rotatable bonds is 8. The summed E-state index contributed by atoms with van der Waals surface area (Å²) in [6.07, 6.45) is 0.695. The number of hydrogen-bond donors (Lipinski definition) is 3. The van der Waals surface area contributed by atoms with E-state index >= 15 is 0 Å². The molecule has 2 unspecified atom stereocenters. The first-order valence-corrected chi connectivity index (χ1v) is 7.86. The minimum atomic E-state index is -0.270. The monoisotopic (exact) mass is 308 g/mol. The van der Waals surface area contributed by atoms with E-state index < -0.39 is 0 Å². The summed E-state index contributed by atoms with van der Waals surface area (Å²) in [6, 6.07) is 7.13. The Kier molecular flexibility index (Phi) is 7.74. The lowest BCUT2D eigenvalue weighted by molar-refractivity contribution is 0.212. The summed E-state index contributed by atoms with van der Waals surface area (Å²) in [5.41, 5.74) is 1.00. The molecule has 0 saturated carbocycles. The van der Waals surface area contributed by atoms with Gasteiger partial charge in [-0.25, -0.2) is 4.79 Å². The van der Waals surface area contributed by atoms with Crippen LogP contribution in [0.4, 0.5) is 4.79 Å². The number of aliphatic hydroxyl groups excluding tert-OH is 1. The summed E-state index contributed by atoms with van der Waals surface area (Å²) in [6.45, 7) is 8.68. The van der Waals surface area contributed by atoms with Crippen LogP contribution in [0.15, 0.2) is 24.3 Å². The van der Waals surface area contributed by atoms with E-state index in [-0.39, 0.29) is 24.7 Å². The molecule has 0 spiro atoms. The zero-order valence-electron chi connectivity index (χ0n) is 13.9. The molecule has 1 aromatic carbocycles. The second-order valence-electron chi connectivity index (χ2n) is 5.90. The van der Waals surface area contributed by atoms with Crippen LogP contribution >= 0.6 is 0 Å². The molecule has 5 heteroatoms. The van der Waals surface area contributed by atoms with Crippen LogP contribution in [0.5, 0.6) is 5.75 Å². The Bertz CT molecular complexity index is 442. The van der Waals surface area contributed by atoms with E-state index in [2.05, 4.69) is 24.5 Å². The molecule has 0 radical (unpaired) electrons. The van der Waals surface area contributed by atoms with Crippen molar-refractivity contribution >= 4 is 6.03 Å². The zero-order chi connectivity index (χ0) is 16.5. The van der Waals surface area contributed by atoms with Gasteiger partial charge in [0.25, 0.3) is 0 Å². The lowest BCUT2D eigenvalue weighted by Gasteiger charge is -2.19. The average Bonchev–Trinajstić information content (AvgIpc) is 2.50. The van der Waals surface area contributed by atoms with E-state index in [4.69, 9.17) is 9.84 Å². The largest absolute Gasteiger partial charge is 0.493 e. The number of urea groups is 1. The summed E-state index contributed by atoms with van der Waals surface area (Å²) < 4.78 is 5.64. The highest BCUT2D eigenvalue weighted by atomic mass is 16.5. The van der Waals surface area contributed by atoms with Crippen molar-refractivity contribution in [2.45, 2.75) is 46.2 Å². The molecule has 0 aliphatic rings. The van der Waals surface area contributed by atoms with E-state index in [1.54, 1.807) is 0 Å². The summed E-state index contributed by atoms with van der Waals surface area (Å²) in [5, 5.41) is 14.7. The third-order valence-electron chi connectivity index (χ3n) is 3.36. The SMILES string of the molecule is CCC(CO)NC(=O)NC(C)c1ccc(OCC(C)C)cc1. The number of carbonyl (C=O) groups excluding carboxylic acids is 1. The summed E-state index contributed by atoms with van der Waals surface area (Å²) in [7, 11) is 0. The second-order valence-corrected chi connectivity index (χ2v) is 5.90. The molecule has 1 aromatic rings. The van der Waals surface area contributed by atoms with E-state index in [1.807, 2.05) is 38.1 Å². The van der Waals surface area contributed by atoms with Crippen molar-refractivity contribution in [3.8, 4) is 5.75 Å². The first kappa shape index (κ1) is 18.3. The number of carbonyl (C=O) groups is 1. The third-order valence-corrected chi connectivity index (χ3v) is 3.36. The fourth-order valence-electron chi connectivity index (χ4n) is 1.90. The number of ether oxygens (including phenoxy) is 1. The van der Waals surface area contributed by atoms with Crippen LogP contribution in [-0.2, 0) is 0 Å². The summed E-state index contributed by atoms with van der Waals surface area (Å²) in [4.78, 5) is 11.8. The highest BCUT2D eigenvalue weighted by Gasteiger charge is 2.12. The number of benzene rings is 1. The van der Waals surface area contributed by atoms with Gasteiger partial charge in [-0.15, -0.1) is 0 Å². The fourth-order valence-corrected chi connectivity index (χ4v) is 1.90. The molecule has 2 atom stereocenters. The van der Waals surface area contributed by atoms with E-state index in [0.29, 0.717) is 18.9 Å². The standard InChI is InChI=1S/C17H28N2O3/c1-5-15(10-20)19-17(21)18-13(4)14-6-8-16(9-7-14)22-11-12(2)3/h6-9,12-13,15,20H,5,10-11H2,1-4H3,(H2,18,19,21). The van der Waals surface area contributed by atoms with Gasteiger partial charge in [0.1, 0.15) is 5.75 Å². The Morgan fingerprint density at radius 3 is 2.32 bits per heavy atom. The molecule has 124 valence electrons. The topological polar surface area (TPSA) is 70.6 Å². The van der Waals surface area contributed by atoms with Gasteiger partial charge in [-0.1, -0.05) is 32.9 Å². The van der Waals surface area contributed by atoms with Gasteiger partial charge in [0, 0.05) is 0 Å². The van der Waals surface area contributed by atoms with Gasteiger partial charge in [0.2, 0.25) is 0 Å². The van der Waals surface area contributed by atoms with E-state index in [1.165, 1.54) is 0 Å². The van der Waals surface area contributed by atoms with Crippen molar-refractivity contribution in [2.24, 2.45) is 5.92 Å². The van der Waals surface area contributed by atoms with Crippen LogP contribution in [0.25, 0.3) is 0 Å². The maximum absolute atomic E-state index is 11.8. The number of amides is 2. The highest BCUT2D eigenvalue weighted by Crippen LogP contribution is 2.18. The minimum Gasteiger partial charge on any atom is -0.493 e. The normalized spacial score (nSPS) is 13.5. The fraction of sp³-hybridized carbons (Fsp3) is 0.588. The Morgan fingerprint density at radius 1 is 1.18 bits per heavy atom.